The van der Waals surface area contributed by atoms with Gasteiger partial charge in [0.1, 0.15) is 0 Å². The van der Waals surface area contributed by atoms with Crippen LogP contribution >= 0.6 is 0 Å². The summed E-state index contributed by atoms with van der Waals surface area (Å²) >= 11 is 0. The van der Waals surface area contributed by atoms with Crippen LogP contribution in [-0.4, -0.2) is 65.2 Å². The molecule has 3 aliphatic heterocycles. The molecule has 1 aliphatic carbocycles. The summed E-state index contributed by atoms with van der Waals surface area (Å²) in [4.78, 5) is 5.60. The smallest absolute Gasteiger partial charge is 0.0252 e. The van der Waals surface area contributed by atoms with Gasteiger partial charge in [0.25, 0.3) is 0 Å². The molecule has 4 atom stereocenters. The van der Waals surface area contributed by atoms with E-state index >= 15 is 0 Å². The second kappa shape index (κ2) is 6.97. The van der Waals surface area contributed by atoms with E-state index in [9.17, 15) is 0 Å². The number of fused-ring (bicyclic) bond motifs is 1. The SMILES string of the molecule is CC(C)(C)N[C@@H]1CCCN2CC(CC(C)(C)N3CCC(N)C4(CC4)C3)C[C@H]12. The molecule has 0 aromatic heterocycles. The lowest BCUT2D eigenvalue weighted by Crippen LogP contribution is -2.56. The number of rotatable bonds is 4. The van der Waals surface area contributed by atoms with Crippen molar-refractivity contribution in [1.29, 1.82) is 0 Å². The van der Waals surface area contributed by atoms with Crippen LogP contribution in [-0.2, 0) is 0 Å². The van der Waals surface area contributed by atoms with Crippen molar-refractivity contribution in [3.05, 3.63) is 0 Å². The van der Waals surface area contributed by atoms with Gasteiger partial charge in [0.2, 0.25) is 0 Å². The van der Waals surface area contributed by atoms with E-state index in [-0.39, 0.29) is 5.54 Å². The van der Waals surface area contributed by atoms with Gasteiger partial charge in [-0.25, -0.2) is 0 Å². The van der Waals surface area contributed by atoms with E-state index in [1.165, 1.54) is 71.1 Å². The van der Waals surface area contributed by atoms with Crippen LogP contribution < -0.4 is 11.1 Å². The van der Waals surface area contributed by atoms with Crippen LogP contribution in [0, 0.1) is 11.3 Å². The number of piperidine rings is 2. The lowest BCUT2D eigenvalue weighted by atomic mass is 9.82. The lowest BCUT2D eigenvalue weighted by molar-refractivity contribution is 0.0329. The van der Waals surface area contributed by atoms with Crippen molar-refractivity contribution in [3.8, 4) is 0 Å². The summed E-state index contributed by atoms with van der Waals surface area (Å²) in [6.45, 7) is 17.0. The number of nitrogens with one attached hydrogen (secondary N) is 1. The number of likely N-dealkylation sites (tertiary alicyclic amines) is 1. The molecule has 4 fully saturated rings. The largest absolute Gasteiger partial charge is 0.327 e. The number of hydrogen-bond donors (Lipinski definition) is 2. The molecule has 0 amide bonds. The lowest BCUT2D eigenvalue weighted by Gasteiger charge is -2.47. The van der Waals surface area contributed by atoms with Gasteiger partial charge in [-0.3, -0.25) is 9.80 Å². The highest BCUT2D eigenvalue weighted by atomic mass is 15.2. The third kappa shape index (κ3) is 4.24. The summed E-state index contributed by atoms with van der Waals surface area (Å²) in [7, 11) is 0. The minimum Gasteiger partial charge on any atom is -0.327 e. The molecule has 3 heterocycles. The van der Waals surface area contributed by atoms with Crippen LogP contribution in [0.1, 0.15) is 79.6 Å². The minimum atomic E-state index is 0.218. The van der Waals surface area contributed by atoms with Crippen molar-refractivity contribution in [2.75, 3.05) is 26.2 Å². The normalized spacial score (nSPS) is 37.6. The Bertz CT molecular complexity index is 533. The summed E-state index contributed by atoms with van der Waals surface area (Å²) in [5.41, 5.74) is 7.45. The third-order valence-corrected chi connectivity index (χ3v) is 8.12. The zero-order chi connectivity index (χ0) is 19.4. The first-order valence-corrected chi connectivity index (χ1v) is 11.6. The fourth-order valence-electron chi connectivity index (χ4n) is 6.51. The van der Waals surface area contributed by atoms with Gasteiger partial charge < -0.3 is 11.1 Å². The maximum Gasteiger partial charge on any atom is 0.0252 e. The summed E-state index contributed by atoms with van der Waals surface area (Å²) in [6.07, 6.45) is 9.35. The van der Waals surface area contributed by atoms with Gasteiger partial charge in [-0.15, -0.1) is 0 Å². The quantitative estimate of drug-likeness (QED) is 0.791. The first kappa shape index (κ1) is 20.1. The maximum atomic E-state index is 6.45. The second-order valence-electron chi connectivity index (χ2n) is 12.0. The molecule has 3 N–H and O–H groups in total. The molecule has 0 aromatic rings. The van der Waals surface area contributed by atoms with Crippen molar-refractivity contribution in [1.82, 2.24) is 15.1 Å². The van der Waals surface area contributed by atoms with Gasteiger partial charge in [0, 0.05) is 48.8 Å². The van der Waals surface area contributed by atoms with E-state index in [0.29, 0.717) is 23.0 Å². The van der Waals surface area contributed by atoms with Gasteiger partial charge in [0.15, 0.2) is 0 Å². The fraction of sp³-hybridized carbons (Fsp3) is 1.00. The highest BCUT2D eigenvalue weighted by molar-refractivity contribution is 5.08. The Morgan fingerprint density at radius 1 is 1.07 bits per heavy atom. The molecule has 2 unspecified atom stereocenters. The van der Waals surface area contributed by atoms with Gasteiger partial charge >= 0.3 is 0 Å². The Kier molecular flexibility index (Phi) is 5.19. The molecule has 0 bridgehead atoms. The zero-order valence-electron chi connectivity index (χ0n) is 18.6. The predicted molar refractivity (Wildman–Crippen MR) is 114 cm³/mol. The molecule has 1 saturated carbocycles. The Labute approximate surface area is 167 Å². The Morgan fingerprint density at radius 3 is 2.48 bits per heavy atom. The monoisotopic (exact) mass is 376 g/mol. The molecule has 4 rings (SSSR count). The average molecular weight is 377 g/mol. The Morgan fingerprint density at radius 2 is 1.81 bits per heavy atom. The molecule has 3 saturated heterocycles. The van der Waals surface area contributed by atoms with Crippen LogP contribution in [0.4, 0.5) is 0 Å². The van der Waals surface area contributed by atoms with Crippen molar-refractivity contribution in [2.24, 2.45) is 17.1 Å². The number of nitrogens with zero attached hydrogens (tertiary/aromatic N) is 2. The van der Waals surface area contributed by atoms with Gasteiger partial charge in [-0.2, -0.15) is 0 Å². The average Bonchev–Trinajstić information content (AvgIpc) is 3.20. The molecule has 4 aliphatic rings. The third-order valence-electron chi connectivity index (χ3n) is 8.12. The van der Waals surface area contributed by atoms with E-state index in [4.69, 9.17) is 5.73 Å². The van der Waals surface area contributed by atoms with Crippen molar-refractivity contribution >= 4 is 0 Å². The molecule has 1 spiro atoms. The molecule has 0 radical (unpaired) electrons. The van der Waals surface area contributed by atoms with Crippen LogP contribution in [0.15, 0.2) is 0 Å². The van der Waals surface area contributed by atoms with Crippen LogP contribution in [0.3, 0.4) is 0 Å². The molecule has 4 heteroatoms. The van der Waals surface area contributed by atoms with Gasteiger partial charge in [0.05, 0.1) is 0 Å². The first-order valence-electron chi connectivity index (χ1n) is 11.6. The minimum absolute atomic E-state index is 0.218. The highest BCUT2D eigenvalue weighted by Crippen LogP contribution is 2.52. The first-order chi connectivity index (χ1) is 12.6. The molecule has 27 heavy (non-hydrogen) atoms. The second-order valence-corrected chi connectivity index (χ2v) is 12.0. The topological polar surface area (TPSA) is 44.5 Å². The van der Waals surface area contributed by atoms with E-state index in [1.807, 2.05) is 0 Å². The zero-order valence-corrected chi connectivity index (χ0v) is 18.6. The highest BCUT2D eigenvalue weighted by Gasteiger charge is 2.53. The number of hydrogen-bond acceptors (Lipinski definition) is 4. The van der Waals surface area contributed by atoms with Gasteiger partial charge in [-0.05, 0) is 97.4 Å². The van der Waals surface area contributed by atoms with Crippen molar-refractivity contribution < 1.29 is 0 Å². The summed E-state index contributed by atoms with van der Waals surface area (Å²) in [5, 5.41) is 3.93. The van der Waals surface area contributed by atoms with Crippen molar-refractivity contribution in [3.63, 3.8) is 0 Å². The van der Waals surface area contributed by atoms with E-state index < -0.39 is 0 Å². The Hall–Kier alpha value is -0.160. The standard InChI is InChI=1S/C23H44N4/c1-21(2,3)25-18-7-6-11-26-15-17(13-19(18)26)14-22(4,5)27-12-8-20(24)23(16-27)9-10-23/h17-20,25H,6-16,24H2,1-5H3/t17?,18-,19-,20?/m1/s1. The molecule has 0 aromatic carbocycles. The fourth-order valence-corrected chi connectivity index (χ4v) is 6.51. The summed E-state index contributed by atoms with van der Waals surface area (Å²) < 4.78 is 0. The van der Waals surface area contributed by atoms with E-state index in [0.717, 1.165) is 12.0 Å². The van der Waals surface area contributed by atoms with Crippen LogP contribution in [0.2, 0.25) is 0 Å². The van der Waals surface area contributed by atoms with Gasteiger partial charge in [-0.1, -0.05) is 0 Å². The summed E-state index contributed by atoms with van der Waals surface area (Å²) in [6, 6.07) is 1.88. The summed E-state index contributed by atoms with van der Waals surface area (Å²) in [5.74, 6) is 0.845. The predicted octanol–water partition coefficient (Wildman–Crippen LogP) is 3.21. The van der Waals surface area contributed by atoms with E-state index in [2.05, 4.69) is 49.7 Å². The molecular weight excluding hydrogens is 332 g/mol. The van der Waals surface area contributed by atoms with Crippen molar-refractivity contribution in [2.45, 2.75) is 109 Å². The van der Waals surface area contributed by atoms with E-state index in [1.54, 1.807) is 0 Å². The Balaban J connectivity index is 1.37. The van der Waals surface area contributed by atoms with Crippen LogP contribution in [0.25, 0.3) is 0 Å². The molecular formula is C23H44N4. The number of nitrogens with two attached hydrogens (primary N) is 1. The molecule has 4 nitrogen and oxygen atoms in total. The van der Waals surface area contributed by atoms with Crippen LogP contribution in [0.5, 0.6) is 0 Å². The molecule has 156 valence electrons. The maximum absolute atomic E-state index is 6.45.